The quantitative estimate of drug-likeness (QED) is 0.862. The van der Waals surface area contributed by atoms with Crippen molar-refractivity contribution in [3.05, 3.63) is 47.0 Å². The molecule has 2 rings (SSSR count). The van der Waals surface area contributed by atoms with Crippen LogP contribution in [0.5, 0.6) is 0 Å². The molecule has 1 heterocycles. The van der Waals surface area contributed by atoms with E-state index in [2.05, 4.69) is 5.10 Å². The lowest BCUT2D eigenvalue weighted by molar-refractivity contribution is -0.143. The number of benzene rings is 1. The number of nitrogens with two attached hydrogens (primary N) is 1. The molecule has 0 spiro atoms. The normalized spacial score (nSPS) is 11.7. The van der Waals surface area contributed by atoms with E-state index in [9.17, 15) is 22.4 Å². The van der Waals surface area contributed by atoms with E-state index < -0.39 is 29.2 Å². The summed E-state index contributed by atoms with van der Waals surface area (Å²) in [6.07, 6.45) is -4.07. The van der Waals surface area contributed by atoms with Crippen molar-refractivity contribution < 1.29 is 22.4 Å². The summed E-state index contributed by atoms with van der Waals surface area (Å²) in [7, 11) is 0. The van der Waals surface area contributed by atoms with Crippen molar-refractivity contribution >= 4 is 5.91 Å². The highest BCUT2D eigenvalue weighted by atomic mass is 19.4. The molecule has 106 valence electrons. The Bertz CT molecular complexity index is 676. The van der Waals surface area contributed by atoms with E-state index in [0.717, 1.165) is 24.4 Å². The molecule has 8 heteroatoms. The summed E-state index contributed by atoms with van der Waals surface area (Å²) in [5.41, 5.74) is 3.16. The van der Waals surface area contributed by atoms with Gasteiger partial charge in [0.25, 0.3) is 5.91 Å². The zero-order chi connectivity index (χ0) is 15.1. The van der Waals surface area contributed by atoms with Crippen LogP contribution < -0.4 is 5.73 Å². The molecule has 0 aliphatic heterocycles. The van der Waals surface area contributed by atoms with E-state index in [1.54, 1.807) is 0 Å². The van der Waals surface area contributed by atoms with Crippen molar-refractivity contribution in [3.8, 4) is 5.69 Å². The molecule has 4 nitrogen and oxygen atoms in total. The van der Waals surface area contributed by atoms with Gasteiger partial charge >= 0.3 is 6.18 Å². The first-order valence-corrected chi connectivity index (χ1v) is 5.43. The number of primary amides is 1. The number of rotatable bonds is 2. The number of amides is 1. The number of carbonyl (C=O) groups is 1. The first-order chi connectivity index (χ1) is 9.21. The summed E-state index contributed by atoms with van der Waals surface area (Å²) in [6.45, 7) is 1.43. The van der Waals surface area contributed by atoms with E-state index in [-0.39, 0.29) is 11.3 Å². The van der Waals surface area contributed by atoms with Gasteiger partial charge in [-0.15, -0.1) is 0 Å². The van der Waals surface area contributed by atoms with E-state index in [0.29, 0.717) is 4.68 Å². The zero-order valence-corrected chi connectivity index (χ0v) is 10.2. The first kappa shape index (κ1) is 14.0. The van der Waals surface area contributed by atoms with Crippen LogP contribution in [0.2, 0.25) is 0 Å². The van der Waals surface area contributed by atoms with Crippen molar-refractivity contribution in [3.63, 3.8) is 0 Å². The second kappa shape index (κ2) is 4.62. The Hall–Kier alpha value is -2.38. The Morgan fingerprint density at radius 3 is 2.50 bits per heavy atom. The summed E-state index contributed by atoms with van der Waals surface area (Å²) in [6, 6.07) is 3.23. The number of hydrogen-bond acceptors (Lipinski definition) is 2. The van der Waals surface area contributed by atoms with Crippen LogP contribution in [0.1, 0.15) is 21.6 Å². The third-order valence-electron chi connectivity index (χ3n) is 2.69. The van der Waals surface area contributed by atoms with E-state index >= 15 is 0 Å². The Kier molecular flexibility index (Phi) is 3.24. The average molecular weight is 287 g/mol. The molecule has 0 saturated heterocycles. The Morgan fingerprint density at radius 2 is 2.00 bits per heavy atom. The van der Waals surface area contributed by atoms with Crippen molar-refractivity contribution in [2.45, 2.75) is 13.1 Å². The fourth-order valence-electron chi connectivity index (χ4n) is 1.84. The van der Waals surface area contributed by atoms with Crippen LogP contribution in [-0.4, -0.2) is 15.7 Å². The summed E-state index contributed by atoms with van der Waals surface area (Å²) in [5, 5.41) is 3.54. The molecule has 1 amide bonds. The molecule has 0 radical (unpaired) electrons. The predicted molar refractivity (Wildman–Crippen MR) is 61.8 cm³/mol. The summed E-state index contributed by atoms with van der Waals surface area (Å²) in [4.78, 5) is 11.1. The Morgan fingerprint density at radius 1 is 1.35 bits per heavy atom. The largest absolute Gasteiger partial charge is 0.434 e. The van der Waals surface area contributed by atoms with Gasteiger partial charge < -0.3 is 5.73 Å². The number of nitrogens with zero attached hydrogens (tertiary/aromatic N) is 2. The van der Waals surface area contributed by atoms with Gasteiger partial charge in [-0.3, -0.25) is 4.79 Å². The van der Waals surface area contributed by atoms with Gasteiger partial charge in [-0.05, 0) is 30.7 Å². The number of carbonyl (C=O) groups excluding carboxylic acids is 1. The highest BCUT2D eigenvalue weighted by molar-refractivity contribution is 5.94. The highest BCUT2D eigenvalue weighted by Crippen LogP contribution is 2.34. The Balaban J connectivity index is 2.72. The van der Waals surface area contributed by atoms with Crippen LogP contribution in [0.3, 0.4) is 0 Å². The minimum absolute atomic E-state index is 0.0197. The van der Waals surface area contributed by atoms with Crippen molar-refractivity contribution in [1.29, 1.82) is 0 Å². The molecule has 1 aromatic heterocycles. The fourth-order valence-corrected chi connectivity index (χ4v) is 1.84. The van der Waals surface area contributed by atoms with Gasteiger partial charge in [0, 0.05) is 0 Å². The lowest BCUT2D eigenvalue weighted by atomic mass is 10.1. The first-order valence-electron chi connectivity index (χ1n) is 5.43. The van der Waals surface area contributed by atoms with E-state index in [1.807, 2.05) is 0 Å². The highest BCUT2D eigenvalue weighted by Gasteiger charge is 2.40. The maximum absolute atomic E-state index is 13.1. The van der Waals surface area contributed by atoms with E-state index in [1.165, 1.54) is 6.92 Å². The molecule has 2 aromatic rings. The molecule has 0 unspecified atom stereocenters. The minimum atomic E-state index is -4.82. The van der Waals surface area contributed by atoms with Crippen LogP contribution in [0.25, 0.3) is 5.69 Å². The molecule has 20 heavy (non-hydrogen) atoms. The number of aryl methyl sites for hydroxylation is 1. The maximum atomic E-state index is 13.1. The second-order valence-electron chi connectivity index (χ2n) is 4.11. The molecule has 2 N–H and O–H groups in total. The molecule has 0 fully saturated rings. The number of halogens is 4. The summed E-state index contributed by atoms with van der Waals surface area (Å²) < 4.78 is 52.7. The standard InChI is InChI=1S/C12H9F4N3O/c1-6-4-7(13)2-3-9(6)19-10(12(14,15)16)8(5-18-19)11(17)20/h2-5H,1H3,(H2,17,20). The van der Waals surface area contributed by atoms with Gasteiger partial charge in [-0.2, -0.15) is 18.3 Å². The van der Waals surface area contributed by atoms with Crippen LogP contribution in [-0.2, 0) is 6.18 Å². The van der Waals surface area contributed by atoms with Gasteiger partial charge in [-0.1, -0.05) is 0 Å². The fraction of sp³-hybridized carbons (Fsp3) is 0.167. The molecule has 0 atom stereocenters. The monoisotopic (exact) mass is 287 g/mol. The molecule has 0 bridgehead atoms. The SMILES string of the molecule is Cc1cc(F)ccc1-n1ncc(C(N)=O)c1C(F)(F)F. The zero-order valence-electron chi connectivity index (χ0n) is 10.2. The number of aromatic nitrogens is 2. The molecule has 0 aliphatic rings. The van der Waals surface area contributed by atoms with Crippen molar-refractivity contribution in [2.75, 3.05) is 0 Å². The molecular formula is C12H9F4N3O. The Labute approximate surface area is 110 Å². The van der Waals surface area contributed by atoms with Gasteiger partial charge in [0.05, 0.1) is 17.4 Å². The van der Waals surface area contributed by atoms with Crippen LogP contribution in [0.4, 0.5) is 17.6 Å². The third kappa shape index (κ3) is 2.36. The van der Waals surface area contributed by atoms with Crippen molar-refractivity contribution in [2.24, 2.45) is 5.73 Å². The van der Waals surface area contributed by atoms with E-state index in [4.69, 9.17) is 5.73 Å². The maximum Gasteiger partial charge on any atom is 0.434 e. The molecule has 1 aromatic carbocycles. The smallest absolute Gasteiger partial charge is 0.365 e. The second-order valence-corrected chi connectivity index (χ2v) is 4.11. The summed E-state index contributed by atoms with van der Waals surface area (Å²) >= 11 is 0. The average Bonchev–Trinajstić information content (AvgIpc) is 2.73. The van der Waals surface area contributed by atoms with Crippen LogP contribution in [0, 0.1) is 12.7 Å². The lowest BCUT2D eigenvalue weighted by Gasteiger charge is -2.13. The number of alkyl halides is 3. The predicted octanol–water partition coefficient (Wildman–Crippen LogP) is 2.44. The number of hydrogen-bond donors (Lipinski definition) is 1. The van der Waals surface area contributed by atoms with Crippen molar-refractivity contribution in [1.82, 2.24) is 9.78 Å². The summed E-state index contributed by atoms with van der Waals surface area (Å²) in [5.74, 6) is -1.81. The molecule has 0 aliphatic carbocycles. The molecular weight excluding hydrogens is 278 g/mol. The van der Waals surface area contributed by atoms with Gasteiger partial charge in [0.1, 0.15) is 5.82 Å². The topological polar surface area (TPSA) is 60.9 Å². The third-order valence-corrected chi connectivity index (χ3v) is 2.69. The van der Waals surface area contributed by atoms with Gasteiger partial charge in [-0.25, -0.2) is 9.07 Å². The lowest BCUT2D eigenvalue weighted by Crippen LogP contribution is -2.21. The van der Waals surface area contributed by atoms with Gasteiger partial charge in [0.15, 0.2) is 5.69 Å². The van der Waals surface area contributed by atoms with Crippen LogP contribution >= 0.6 is 0 Å². The van der Waals surface area contributed by atoms with Gasteiger partial charge in [0.2, 0.25) is 0 Å². The molecule has 0 saturated carbocycles. The minimum Gasteiger partial charge on any atom is -0.365 e. The van der Waals surface area contributed by atoms with Crippen LogP contribution in [0.15, 0.2) is 24.4 Å².